The molecule has 1 unspecified atom stereocenters. The van der Waals surface area contributed by atoms with E-state index in [-0.39, 0.29) is 17.1 Å². The molecule has 3 rings (SSSR count). The van der Waals surface area contributed by atoms with Gasteiger partial charge in [-0.1, -0.05) is 60.7 Å². The fourth-order valence-corrected chi connectivity index (χ4v) is 5.35. The Bertz CT molecular complexity index is 881. The molecule has 5 nitrogen and oxygen atoms in total. The second kappa shape index (κ2) is 9.62. The number of rotatable bonds is 8. The van der Waals surface area contributed by atoms with Gasteiger partial charge >= 0.3 is 0 Å². The maximum Gasteiger partial charge on any atom is 0.241 e. The lowest BCUT2D eigenvalue weighted by Crippen LogP contribution is -2.32. The first-order valence-electron chi connectivity index (χ1n) is 9.28. The van der Waals surface area contributed by atoms with Gasteiger partial charge in [0.25, 0.3) is 0 Å². The predicted molar refractivity (Wildman–Crippen MR) is 120 cm³/mol. The second-order valence-corrected chi connectivity index (χ2v) is 9.67. The lowest BCUT2D eigenvalue weighted by molar-refractivity contribution is -0.126. The Labute approximate surface area is 178 Å². The summed E-state index contributed by atoms with van der Waals surface area (Å²) in [6.07, 6.45) is 4.30. The zero-order valence-corrected chi connectivity index (χ0v) is 18.4. The zero-order chi connectivity index (χ0) is 20.1. The lowest BCUT2D eigenvalue weighted by atomic mass is 10.1. The van der Waals surface area contributed by atoms with Crippen molar-refractivity contribution in [1.29, 1.82) is 0 Å². The van der Waals surface area contributed by atoms with Gasteiger partial charge in [-0.2, -0.15) is 0 Å². The Morgan fingerprint density at radius 1 is 1.39 bits per heavy atom. The molecule has 2 heterocycles. The van der Waals surface area contributed by atoms with Crippen molar-refractivity contribution in [3.63, 3.8) is 0 Å². The van der Waals surface area contributed by atoms with Crippen LogP contribution in [0.4, 0.5) is 5.13 Å². The number of thioether (sulfide) groups is 1. The average molecular weight is 434 g/mol. The van der Waals surface area contributed by atoms with Gasteiger partial charge in [0, 0.05) is 30.5 Å². The van der Waals surface area contributed by atoms with E-state index in [1.54, 1.807) is 4.90 Å². The topological polar surface area (TPSA) is 62.3 Å². The number of amides is 2. The number of anilines is 1. The van der Waals surface area contributed by atoms with Crippen molar-refractivity contribution < 1.29 is 9.59 Å². The SMILES string of the molecule is CCC1SC(=S)N(CCCC(=O)Nc2ncc(Cc3cccc(C)c3)s2)C1=O. The molecule has 1 fully saturated rings. The van der Waals surface area contributed by atoms with Crippen LogP contribution in [0, 0.1) is 6.92 Å². The second-order valence-electron chi connectivity index (χ2n) is 6.72. The molecule has 2 amide bonds. The molecule has 0 spiro atoms. The number of hydrogen-bond acceptors (Lipinski definition) is 6. The van der Waals surface area contributed by atoms with Crippen LogP contribution in [0.2, 0.25) is 0 Å². The van der Waals surface area contributed by atoms with Crippen LogP contribution in [0.1, 0.15) is 42.2 Å². The molecular formula is C20H23N3O2S3. The normalized spacial score (nSPS) is 16.6. The Hall–Kier alpha value is -1.77. The smallest absolute Gasteiger partial charge is 0.241 e. The van der Waals surface area contributed by atoms with Crippen LogP contribution in [0.25, 0.3) is 0 Å². The summed E-state index contributed by atoms with van der Waals surface area (Å²) >= 11 is 8.21. The first-order valence-corrected chi connectivity index (χ1v) is 11.4. The van der Waals surface area contributed by atoms with Gasteiger partial charge in [-0.15, -0.1) is 11.3 Å². The number of carbonyl (C=O) groups excluding carboxylic acids is 2. The van der Waals surface area contributed by atoms with Gasteiger partial charge in [-0.3, -0.25) is 14.5 Å². The minimum atomic E-state index is -0.0892. The number of benzene rings is 1. The minimum Gasteiger partial charge on any atom is -0.302 e. The Morgan fingerprint density at radius 3 is 2.93 bits per heavy atom. The van der Waals surface area contributed by atoms with Gasteiger partial charge in [-0.05, 0) is 25.3 Å². The third kappa shape index (κ3) is 5.40. The van der Waals surface area contributed by atoms with Crippen LogP contribution < -0.4 is 5.32 Å². The Balaban J connectivity index is 1.45. The highest BCUT2D eigenvalue weighted by Gasteiger charge is 2.35. The summed E-state index contributed by atoms with van der Waals surface area (Å²) < 4.78 is 0.623. The van der Waals surface area contributed by atoms with Gasteiger partial charge in [-0.25, -0.2) is 4.98 Å². The summed E-state index contributed by atoms with van der Waals surface area (Å²) in [6, 6.07) is 8.37. The van der Waals surface area contributed by atoms with Crippen LogP contribution in [0.5, 0.6) is 0 Å². The molecule has 1 atom stereocenters. The van der Waals surface area contributed by atoms with Gasteiger partial charge in [0.05, 0.1) is 5.25 Å². The predicted octanol–water partition coefficient (Wildman–Crippen LogP) is 4.40. The van der Waals surface area contributed by atoms with Gasteiger partial charge in [0.1, 0.15) is 4.32 Å². The molecule has 1 aromatic heterocycles. The molecule has 1 aliphatic rings. The van der Waals surface area contributed by atoms with E-state index in [1.807, 2.05) is 19.2 Å². The van der Waals surface area contributed by atoms with Crippen LogP contribution >= 0.6 is 35.3 Å². The number of thiazole rings is 1. The van der Waals surface area contributed by atoms with Crippen molar-refractivity contribution >= 4 is 56.6 Å². The summed E-state index contributed by atoms with van der Waals surface area (Å²) in [7, 11) is 0. The molecule has 0 saturated carbocycles. The van der Waals surface area contributed by atoms with Crippen LogP contribution in [-0.4, -0.2) is 37.8 Å². The van der Waals surface area contributed by atoms with Crippen molar-refractivity contribution in [1.82, 2.24) is 9.88 Å². The maximum absolute atomic E-state index is 12.2. The van der Waals surface area contributed by atoms with Crippen LogP contribution in [0.3, 0.4) is 0 Å². The summed E-state index contributed by atoms with van der Waals surface area (Å²) in [5, 5.41) is 3.40. The molecule has 148 valence electrons. The van der Waals surface area contributed by atoms with E-state index in [2.05, 4.69) is 35.4 Å². The van der Waals surface area contributed by atoms with Crippen molar-refractivity contribution in [3.05, 3.63) is 46.5 Å². The molecule has 8 heteroatoms. The molecule has 1 N–H and O–H groups in total. The molecule has 0 radical (unpaired) electrons. The molecule has 1 saturated heterocycles. The summed E-state index contributed by atoms with van der Waals surface area (Å²) in [5.74, 6) is -0.0210. The van der Waals surface area contributed by atoms with Gasteiger partial charge in [0.15, 0.2) is 5.13 Å². The van der Waals surface area contributed by atoms with Crippen molar-refractivity contribution in [3.8, 4) is 0 Å². The number of hydrogen-bond donors (Lipinski definition) is 1. The molecular weight excluding hydrogens is 410 g/mol. The van der Waals surface area contributed by atoms with Gasteiger partial charge < -0.3 is 5.32 Å². The van der Waals surface area contributed by atoms with Crippen molar-refractivity contribution in [2.45, 2.75) is 44.8 Å². The van der Waals surface area contributed by atoms with E-state index in [9.17, 15) is 9.59 Å². The molecule has 1 aromatic carbocycles. The van der Waals surface area contributed by atoms with E-state index in [0.29, 0.717) is 28.8 Å². The Kier molecular flexibility index (Phi) is 7.20. The molecule has 28 heavy (non-hydrogen) atoms. The van der Waals surface area contributed by atoms with Gasteiger partial charge in [0.2, 0.25) is 11.8 Å². The highest BCUT2D eigenvalue weighted by Crippen LogP contribution is 2.29. The van der Waals surface area contributed by atoms with E-state index in [1.165, 1.54) is 34.2 Å². The Morgan fingerprint density at radius 2 is 2.21 bits per heavy atom. The first kappa shape index (κ1) is 21.0. The van der Waals surface area contributed by atoms with E-state index in [4.69, 9.17) is 12.2 Å². The molecule has 0 aliphatic carbocycles. The highest BCUT2D eigenvalue weighted by molar-refractivity contribution is 8.24. The third-order valence-electron chi connectivity index (χ3n) is 4.42. The molecule has 2 aromatic rings. The van der Waals surface area contributed by atoms with E-state index in [0.717, 1.165) is 17.7 Å². The number of aromatic nitrogens is 1. The summed E-state index contributed by atoms with van der Waals surface area (Å²) in [5.41, 5.74) is 2.46. The highest BCUT2D eigenvalue weighted by atomic mass is 32.2. The first-order chi connectivity index (χ1) is 13.5. The zero-order valence-electron chi connectivity index (χ0n) is 15.9. The largest absolute Gasteiger partial charge is 0.302 e. The quantitative estimate of drug-likeness (QED) is 0.625. The average Bonchev–Trinajstić information content (AvgIpc) is 3.20. The summed E-state index contributed by atoms with van der Waals surface area (Å²) in [6.45, 7) is 4.55. The van der Waals surface area contributed by atoms with Crippen LogP contribution in [-0.2, 0) is 16.0 Å². The summed E-state index contributed by atoms with van der Waals surface area (Å²) in [4.78, 5) is 31.4. The van der Waals surface area contributed by atoms with E-state index < -0.39 is 0 Å². The van der Waals surface area contributed by atoms with Crippen molar-refractivity contribution in [2.75, 3.05) is 11.9 Å². The third-order valence-corrected chi connectivity index (χ3v) is 7.09. The lowest BCUT2D eigenvalue weighted by Gasteiger charge is -2.14. The fourth-order valence-electron chi connectivity index (χ4n) is 3.01. The van der Waals surface area contributed by atoms with Crippen molar-refractivity contribution in [2.24, 2.45) is 0 Å². The maximum atomic E-state index is 12.2. The van der Waals surface area contributed by atoms with Crippen LogP contribution in [0.15, 0.2) is 30.5 Å². The number of nitrogens with one attached hydrogen (secondary N) is 1. The monoisotopic (exact) mass is 433 g/mol. The van der Waals surface area contributed by atoms with E-state index >= 15 is 0 Å². The fraction of sp³-hybridized carbons (Fsp3) is 0.400. The number of thiocarbonyl (C=S) groups is 1. The number of carbonyl (C=O) groups is 2. The standard InChI is InChI=1S/C20H23N3O2S3/c1-3-16-18(25)23(20(26)28-16)9-5-8-17(24)22-19-21-12-15(27-19)11-14-7-4-6-13(2)10-14/h4,6-7,10,12,16H,3,5,8-9,11H2,1-2H3,(H,21,22,24). The minimum absolute atomic E-state index is 0.0662. The molecule has 1 aliphatic heterocycles. The number of nitrogens with zero attached hydrogens (tertiary/aromatic N) is 2. The molecule has 0 bridgehead atoms. The number of aryl methyl sites for hydroxylation is 1.